The molecule has 192 valence electrons. The Morgan fingerprint density at radius 1 is 0.514 bits per heavy atom. The highest BCUT2D eigenvalue weighted by molar-refractivity contribution is 5.81. The lowest BCUT2D eigenvalue weighted by atomic mass is 9.60. The van der Waals surface area contributed by atoms with Gasteiger partial charge in [0.25, 0.3) is 0 Å². The molecule has 0 aromatic carbocycles. The van der Waals surface area contributed by atoms with Crippen LogP contribution in [0.25, 0.3) is 0 Å². The third-order valence-electron chi connectivity index (χ3n) is 8.16. The highest BCUT2D eigenvalue weighted by Gasteiger charge is 2.59. The average Bonchev–Trinajstić information content (AvgIpc) is 3.40. The molecule has 0 aromatic heterocycles. The Morgan fingerprint density at radius 3 is 1.27 bits per heavy atom. The molecule has 0 bridgehead atoms. The first-order chi connectivity index (χ1) is 17.3. The molecule has 0 aromatic rings. The first-order valence-electron chi connectivity index (χ1n) is 13.3. The van der Waals surface area contributed by atoms with Crippen LogP contribution in [0.2, 0.25) is 0 Å². The van der Waals surface area contributed by atoms with Gasteiger partial charge >= 0.3 is 0 Å². The summed E-state index contributed by atoms with van der Waals surface area (Å²) in [4.78, 5) is 0. The van der Waals surface area contributed by atoms with E-state index in [1.165, 1.54) is 58.5 Å². The molecule has 2 saturated carbocycles. The molecule has 0 atom stereocenters. The number of rotatable bonds is 4. The predicted molar refractivity (Wildman–Crippen MR) is 152 cm³/mol. The van der Waals surface area contributed by atoms with Crippen LogP contribution in [0.4, 0.5) is 0 Å². The van der Waals surface area contributed by atoms with E-state index in [-0.39, 0.29) is 16.2 Å². The molecule has 0 N–H and O–H groups in total. The number of ether oxygens (including phenoxy) is 2. The Balaban J connectivity index is 1.53. The summed E-state index contributed by atoms with van der Waals surface area (Å²) in [5.41, 5.74) is 2.68. The van der Waals surface area contributed by atoms with Crippen molar-refractivity contribution in [2.75, 3.05) is 14.2 Å². The van der Waals surface area contributed by atoms with Gasteiger partial charge in [-0.1, -0.05) is 91.8 Å². The molecule has 0 amide bonds. The van der Waals surface area contributed by atoms with Gasteiger partial charge in [-0.15, -0.1) is 0 Å². The van der Waals surface area contributed by atoms with Crippen LogP contribution in [0, 0.1) is 76.4 Å². The van der Waals surface area contributed by atoms with E-state index in [1.807, 2.05) is 0 Å². The smallest absolute Gasteiger partial charge is 0.157 e. The second-order valence-corrected chi connectivity index (χ2v) is 13.1. The topological polar surface area (TPSA) is 18.5 Å². The molecular weight excluding hydrogens is 452 g/mol. The summed E-state index contributed by atoms with van der Waals surface area (Å²) in [6, 6.07) is 0. The molecule has 2 nitrogen and oxygen atoms in total. The van der Waals surface area contributed by atoms with Gasteiger partial charge in [0.1, 0.15) is 0 Å². The van der Waals surface area contributed by atoms with Crippen molar-refractivity contribution in [2.24, 2.45) is 16.2 Å². The number of methoxy groups -OCH3 is 2. The van der Waals surface area contributed by atoms with E-state index >= 15 is 0 Å². The van der Waals surface area contributed by atoms with Crippen molar-refractivity contribution < 1.29 is 9.47 Å². The molecule has 37 heavy (non-hydrogen) atoms. The van der Waals surface area contributed by atoms with E-state index in [1.54, 1.807) is 14.2 Å². The van der Waals surface area contributed by atoms with Gasteiger partial charge in [-0.3, -0.25) is 0 Å². The standard InChI is InChI=1S/C35H40O2/c1-33(2,3)23-11-13-26-27-14-12-24(34(4,5)6)20-29(27)32(28(26)19-23)35(7,8)25-15-21-17-30(36-9)31(37-10)18-22(21)16-25/h11-20H,1-10H3. The molecule has 5 aliphatic carbocycles. The van der Waals surface area contributed by atoms with Crippen molar-refractivity contribution in [3.05, 3.63) is 131 Å². The molecule has 5 rings (SSSR count). The van der Waals surface area contributed by atoms with Crippen LogP contribution < -0.4 is 0 Å². The third-order valence-corrected chi connectivity index (χ3v) is 8.16. The Bertz CT molecular complexity index is 1010. The van der Waals surface area contributed by atoms with Crippen molar-refractivity contribution in [1.29, 1.82) is 0 Å². The van der Waals surface area contributed by atoms with E-state index in [9.17, 15) is 0 Å². The normalized spacial score (nSPS) is 25.5. The molecule has 0 saturated heterocycles. The van der Waals surface area contributed by atoms with Crippen LogP contribution in [0.1, 0.15) is 55.4 Å². The Kier molecular flexibility index (Phi) is 6.52. The zero-order valence-electron chi connectivity index (χ0n) is 24.1. The van der Waals surface area contributed by atoms with Crippen LogP contribution in [0.5, 0.6) is 0 Å². The molecule has 5 aliphatic rings. The Morgan fingerprint density at radius 2 is 0.919 bits per heavy atom. The van der Waals surface area contributed by atoms with E-state index in [4.69, 9.17) is 9.47 Å². The van der Waals surface area contributed by atoms with E-state index in [0.717, 1.165) is 11.5 Å². The predicted octanol–water partition coefficient (Wildman–Crippen LogP) is 8.20. The van der Waals surface area contributed by atoms with Crippen molar-refractivity contribution >= 4 is 0 Å². The number of fused-ring (bicyclic) bond motifs is 4. The van der Waals surface area contributed by atoms with Crippen LogP contribution in [-0.4, -0.2) is 14.2 Å². The lowest BCUT2D eigenvalue weighted by Gasteiger charge is -2.43. The fraction of sp³-hybridized carbons (Fsp3) is 0.371. The van der Waals surface area contributed by atoms with E-state index < -0.39 is 0 Å². The molecule has 0 spiro atoms. The minimum atomic E-state index is -0.216. The first-order valence-corrected chi connectivity index (χ1v) is 13.3. The summed E-state index contributed by atoms with van der Waals surface area (Å²) >= 11 is 0. The fourth-order valence-electron chi connectivity index (χ4n) is 5.77. The summed E-state index contributed by atoms with van der Waals surface area (Å²) in [5, 5.41) is 0. The van der Waals surface area contributed by atoms with Crippen LogP contribution in [0.3, 0.4) is 0 Å². The Hall–Kier alpha value is -1.96. The molecular formula is C35H40O2. The van der Waals surface area contributed by atoms with Gasteiger partial charge < -0.3 is 9.47 Å². The quantitative estimate of drug-likeness (QED) is 0.394. The SMILES string of the molecule is COC1=C[C]2[CH][C](C(C)(C)[C]3[C]4C=C(C(C)(C)C)C=C[C]4[C]4C=CC(C(C)(C)C)=C[C]43)[CH][C]2C=C1OC. The van der Waals surface area contributed by atoms with Gasteiger partial charge in [0.05, 0.1) is 14.2 Å². The summed E-state index contributed by atoms with van der Waals surface area (Å²) in [5.74, 6) is 12.0. The van der Waals surface area contributed by atoms with Crippen molar-refractivity contribution in [3.8, 4) is 0 Å². The van der Waals surface area contributed by atoms with Crippen LogP contribution >= 0.6 is 0 Å². The van der Waals surface area contributed by atoms with E-state index in [0.29, 0.717) is 0 Å². The molecule has 0 unspecified atom stereocenters. The number of hydrogen-bond donors (Lipinski definition) is 0. The molecule has 10 radical (unpaired) electrons. The minimum Gasteiger partial charge on any atom is -0.493 e. The van der Waals surface area contributed by atoms with E-state index in [2.05, 4.69) is 117 Å². The average molecular weight is 493 g/mol. The van der Waals surface area contributed by atoms with Crippen LogP contribution in [-0.2, 0) is 9.47 Å². The van der Waals surface area contributed by atoms with Crippen LogP contribution in [0.15, 0.2) is 71.3 Å². The summed E-state index contributed by atoms with van der Waals surface area (Å²) in [6.45, 7) is 18.5. The molecule has 2 fully saturated rings. The molecule has 0 aliphatic heterocycles. The molecule has 0 heterocycles. The summed E-state index contributed by atoms with van der Waals surface area (Å²) < 4.78 is 11.2. The maximum Gasteiger partial charge on any atom is 0.157 e. The monoisotopic (exact) mass is 492 g/mol. The molecule has 2 heteroatoms. The maximum atomic E-state index is 5.59. The van der Waals surface area contributed by atoms with Gasteiger partial charge in [0.2, 0.25) is 0 Å². The van der Waals surface area contributed by atoms with Crippen molar-refractivity contribution in [1.82, 2.24) is 0 Å². The number of allylic oxidation sites excluding steroid dienone is 10. The lowest BCUT2D eigenvalue weighted by Crippen LogP contribution is -2.34. The zero-order chi connectivity index (χ0) is 26.9. The van der Waals surface area contributed by atoms with Gasteiger partial charge in [-0.05, 0) is 58.3 Å². The Labute approximate surface area is 226 Å². The van der Waals surface area contributed by atoms with Crippen molar-refractivity contribution in [3.63, 3.8) is 0 Å². The van der Waals surface area contributed by atoms with Gasteiger partial charge in [-0.25, -0.2) is 0 Å². The summed E-state index contributed by atoms with van der Waals surface area (Å²) in [7, 11) is 3.39. The first kappa shape index (κ1) is 26.6. The van der Waals surface area contributed by atoms with Gasteiger partial charge in [-0.2, -0.15) is 0 Å². The second-order valence-electron chi connectivity index (χ2n) is 13.1. The largest absolute Gasteiger partial charge is 0.493 e. The fourth-order valence-corrected chi connectivity index (χ4v) is 5.77. The number of hydrogen-bond acceptors (Lipinski definition) is 2. The van der Waals surface area contributed by atoms with Gasteiger partial charge in [0.15, 0.2) is 11.5 Å². The zero-order valence-corrected chi connectivity index (χ0v) is 24.1. The van der Waals surface area contributed by atoms with Gasteiger partial charge in [0, 0.05) is 41.4 Å². The minimum absolute atomic E-state index is 0.0811. The second kappa shape index (κ2) is 9.06. The lowest BCUT2D eigenvalue weighted by molar-refractivity contribution is 0.218. The van der Waals surface area contributed by atoms with Crippen molar-refractivity contribution in [2.45, 2.75) is 55.4 Å². The highest BCUT2D eigenvalue weighted by Crippen LogP contribution is 2.68. The summed E-state index contributed by atoms with van der Waals surface area (Å²) in [6.07, 6.45) is 23.0. The highest BCUT2D eigenvalue weighted by atomic mass is 16.5. The maximum absolute atomic E-state index is 5.59. The third kappa shape index (κ3) is 4.51.